The van der Waals surface area contributed by atoms with Crippen molar-refractivity contribution in [3.63, 3.8) is 0 Å². The highest BCUT2D eigenvalue weighted by atomic mass is 19.1. The lowest BCUT2D eigenvalue weighted by Crippen LogP contribution is -2.31. The largest absolute Gasteiger partial charge is 0.463 e. The number of aromatic nitrogens is 5. The molecule has 27 heavy (non-hydrogen) atoms. The number of carbonyl (C=O) groups is 2. The second kappa shape index (κ2) is 7.61. The van der Waals surface area contributed by atoms with Gasteiger partial charge in [-0.2, -0.15) is 14.8 Å². The highest BCUT2D eigenvalue weighted by molar-refractivity contribution is 5.66. The Kier molecular flexibility index (Phi) is 5.26. The lowest BCUT2D eigenvalue weighted by molar-refractivity contribution is -0.155. The standard InChI is InChI=1S/C15H16FN5O6/c1-8(22)25-5-12-11(26-9(2)23)3-13(27-12)20-4-10(16)14(19-15(20)24)21-7-17-6-18-21/h4,6-7,11-13H,3,5H2,1-2H3/t11-,12+,13+/m0/s1. The predicted molar refractivity (Wildman–Crippen MR) is 84.1 cm³/mol. The quantitative estimate of drug-likeness (QED) is 0.644. The minimum atomic E-state index is -0.950. The minimum Gasteiger partial charge on any atom is -0.463 e. The summed E-state index contributed by atoms with van der Waals surface area (Å²) in [5, 5.41) is 3.73. The fraction of sp³-hybridized carbons (Fsp3) is 0.467. The van der Waals surface area contributed by atoms with E-state index in [-0.39, 0.29) is 18.8 Å². The molecule has 0 bridgehead atoms. The SMILES string of the molecule is CC(=O)OC[C@H]1O[C@@H](n2cc(F)c(-n3cncn3)nc2=O)C[C@@H]1OC(C)=O. The zero-order valence-electron chi connectivity index (χ0n) is 14.4. The second-order valence-electron chi connectivity index (χ2n) is 5.76. The van der Waals surface area contributed by atoms with Crippen LogP contribution in [0.2, 0.25) is 0 Å². The minimum absolute atomic E-state index is 0.0647. The zero-order chi connectivity index (χ0) is 19.6. The second-order valence-corrected chi connectivity index (χ2v) is 5.76. The summed E-state index contributed by atoms with van der Waals surface area (Å²) >= 11 is 0. The molecule has 3 atom stereocenters. The Morgan fingerprint density at radius 3 is 2.78 bits per heavy atom. The van der Waals surface area contributed by atoms with Gasteiger partial charge in [0, 0.05) is 20.3 Å². The smallest absolute Gasteiger partial charge is 0.351 e. The lowest BCUT2D eigenvalue weighted by Gasteiger charge is -2.17. The van der Waals surface area contributed by atoms with Crippen molar-refractivity contribution in [2.24, 2.45) is 0 Å². The van der Waals surface area contributed by atoms with Gasteiger partial charge in [0.1, 0.15) is 37.7 Å². The topological polar surface area (TPSA) is 127 Å². The molecule has 1 aliphatic rings. The summed E-state index contributed by atoms with van der Waals surface area (Å²) in [6.07, 6.45) is 0.854. The average Bonchev–Trinajstić information content (AvgIpc) is 3.24. The molecule has 1 saturated heterocycles. The van der Waals surface area contributed by atoms with Crippen molar-refractivity contribution >= 4 is 11.9 Å². The van der Waals surface area contributed by atoms with Gasteiger partial charge in [0.05, 0.1) is 6.20 Å². The lowest BCUT2D eigenvalue weighted by atomic mass is 10.2. The van der Waals surface area contributed by atoms with E-state index < -0.39 is 41.9 Å². The van der Waals surface area contributed by atoms with E-state index in [2.05, 4.69) is 15.1 Å². The summed E-state index contributed by atoms with van der Waals surface area (Å²) in [4.78, 5) is 42.0. The molecule has 0 spiro atoms. The molecule has 1 fully saturated rings. The van der Waals surface area contributed by atoms with E-state index in [0.29, 0.717) is 0 Å². The Hall–Kier alpha value is -3.15. The van der Waals surface area contributed by atoms with Gasteiger partial charge in [-0.15, -0.1) is 0 Å². The van der Waals surface area contributed by atoms with Gasteiger partial charge in [-0.25, -0.2) is 14.2 Å². The van der Waals surface area contributed by atoms with Crippen LogP contribution in [-0.4, -0.2) is 55.1 Å². The predicted octanol–water partition coefficient (Wildman–Crippen LogP) is -0.255. The van der Waals surface area contributed by atoms with Crippen LogP contribution in [-0.2, 0) is 23.8 Å². The summed E-state index contributed by atoms with van der Waals surface area (Å²) in [6.45, 7) is 2.27. The number of nitrogens with zero attached hydrogens (tertiary/aromatic N) is 5. The molecule has 0 unspecified atom stereocenters. The fourth-order valence-electron chi connectivity index (χ4n) is 2.68. The van der Waals surface area contributed by atoms with Gasteiger partial charge in [-0.3, -0.25) is 14.2 Å². The molecule has 3 heterocycles. The van der Waals surface area contributed by atoms with Crippen LogP contribution >= 0.6 is 0 Å². The normalized spacial score (nSPS) is 21.8. The van der Waals surface area contributed by atoms with E-state index in [1.165, 1.54) is 26.5 Å². The van der Waals surface area contributed by atoms with Gasteiger partial charge in [-0.05, 0) is 0 Å². The maximum Gasteiger partial charge on any atom is 0.351 e. The van der Waals surface area contributed by atoms with Crippen molar-refractivity contribution in [3.8, 4) is 5.82 Å². The summed E-state index contributed by atoms with van der Waals surface area (Å²) in [6, 6.07) is 0. The zero-order valence-corrected chi connectivity index (χ0v) is 14.4. The van der Waals surface area contributed by atoms with E-state index in [9.17, 15) is 18.8 Å². The molecule has 0 aliphatic carbocycles. The Bertz CT molecular complexity index is 899. The number of hydrogen-bond donors (Lipinski definition) is 0. The molecule has 12 heteroatoms. The molecule has 2 aromatic heterocycles. The molecule has 0 N–H and O–H groups in total. The Balaban J connectivity index is 1.85. The van der Waals surface area contributed by atoms with Crippen LogP contribution in [0.5, 0.6) is 0 Å². The third-order valence-corrected chi connectivity index (χ3v) is 3.78. The first-order valence-electron chi connectivity index (χ1n) is 7.95. The molecule has 144 valence electrons. The molecule has 0 amide bonds. The first kappa shape index (κ1) is 18.6. The van der Waals surface area contributed by atoms with Crippen LogP contribution in [0, 0.1) is 5.82 Å². The molecule has 0 saturated carbocycles. The Morgan fingerprint density at radius 2 is 2.15 bits per heavy atom. The van der Waals surface area contributed by atoms with Crippen LogP contribution in [0.15, 0.2) is 23.6 Å². The van der Waals surface area contributed by atoms with E-state index in [1.54, 1.807) is 0 Å². The van der Waals surface area contributed by atoms with Gasteiger partial charge in [0.25, 0.3) is 0 Å². The Labute approximate surface area is 151 Å². The number of rotatable bonds is 5. The van der Waals surface area contributed by atoms with Gasteiger partial charge in [0.2, 0.25) is 0 Å². The van der Waals surface area contributed by atoms with Crippen LogP contribution in [0.3, 0.4) is 0 Å². The van der Waals surface area contributed by atoms with Crippen molar-refractivity contribution in [1.82, 2.24) is 24.3 Å². The number of hydrogen-bond acceptors (Lipinski definition) is 9. The molecule has 2 aromatic rings. The molecule has 1 aliphatic heterocycles. The van der Waals surface area contributed by atoms with Crippen molar-refractivity contribution in [1.29, 1.82) is 0 Å². The van der Waals surface area contributed by atoms with Gasteiger partial charge in [-0.1, -0.05) is 0 Å². The highest BCUT2D eigenvalue weighted by Crippen LogP contribution is 2.30. The van der Waals surface area contributed by atoms with E-state index in [1.807, 2.05) is 0 Å². The maximum atomic E-state index is 14.4. The van der Waals surface area contributed by atoms with E-state index in [4.69, 9.17) is 14.2 Å². The summed E-state index contributed by atoms with van der Waals surface area (Å²) in [7, 11) is 0. The molecular formula is C15H16FN5O6. The molecular weight excluding hydrogens is 365 g/mol. The molecule has 3 rings (SSSR count). The number of esters is 2. The summed E-state index contributed by atoms with van der Waals surface area (Å²) in [5.41, 5.74) is -0.790. The van der Waals surface area contributed by atoms with Crippen molar-refractivity contribution in [2.45, 2.75) is 38.7 Å². The van der Waals surface area contributed by atoms with Gasteiger partial charge < -0.3 is 14.2 Å². The number of halogens is 1. The van der Waals surface area contributed by atoms with Gasteiger partial charge >= 0.3 is 17.6 Å². The molecule has 0 radical (unpaired) electrons. The van der Waals surface area contributed by atoms with Crippen LogP contribution in [0.1, 0.15) is 26.5 Å². The molecule has 0 aromatic carbocycles. The fourth-order valence-corrected chi connectivity index (χ4v) is 2.68. The first-order valence-corrected chi connectivity index (χ1v) is 7.95. The van der Waals surface area contributed by atoms with Crippen LogP contribution < -0.4 is 5.69 Å². The third-order valence-electron chi connectivity index (χ3n) is 3.78. The molecule has 11 nitrogen and oxygen atoms in total. The average molecular weight is 381 g/mol. The highest BCUT2D eigenvalue weighted by Gasteiger charge is 2.40. The van der Waals surface area contributed by atoms with E-state index >= 15 is 0 Å². The van der Waals surface area contributed by atoms with Crippen molar-refractivity contribution in [2.75, 3.05) is 6.61 Å². The van der Waals surface area contributed by atoms with Crippen LogP contribution in [0.25, 0.3) is 5.82 Å². The summed E-state index contributed by atoms with van der Waals surface area (Å²) in [5.74, 6) is -2.23. The Morgan fingerprint density at radius 1 is 1.37 bits per heavy atom. The maximum absolute atomic E-state index is 14.4. The monoisotopic (exact) mass is 381 g/mol. The van der Waals surface area contributed by atoms with Crippen LogP contribution in [0.4, 0.5) is 4.39 Å². The third kappa shape index (κ3) is 4.16. The summed E-state index contributed by atoms with van der Waals surface area (Å²) < 4.78 is 32.0. The first-order chi connectivity index (χ1) is 12.8. The number of ether oxygens (including phenoxy) is 3. The van der Waals surface area contributed by atoms with Crippen molar-refractivity contribution < 1.29 is 28.2 Å². The number of carbonyl (C=O) groups excluding carboxylic acids is 2. The van der Waals surface area contributed by atoms with Gasteiger partial charge in [0.15, 0.2) is 11.6 Å². The van der Waals surface area contributed by atoms with Crippen molar-refractivity contribution in [3.05, 3.63) is 35.2 Å². The van der Waals surface area contributed by atoms with E-state index in [0.717, 1.165) is 15.4 Å².